The number of fused-ring (bicyclic) bond motifs is 1. The Labute approximate surface area is 105 Å². The molecule has 2 aromatic rings. The third-order valence-electron chi connectivity index (χ3n) is 2.86. The number of nitrogens with zero attached hydrogens (tertiary/aromatic N) is 1. The predicted molar refractivity (Wildman–Crippen MR) is 69.3 cm³/mol. The van der Waals surface area contributed by atoms with Crippen LogP contribution in [0.3, 0.4) is 0 Å². The summed E-state index contributed by atoms with van der Waals surface area (Å²) in [6.07, 6.45) is 1.71. The molecular weight excluding hydrogens is 230 g/mol. The highest BCUT2D eigenvalue weighted by molar-refractivity contribution is 5.97. The summed E-state index contributed by atoms with van der Waals surface area (Å²) in [7, 11) is 0. The van der Waals surface area contributed by atoms with Crippen molar-refractivity contribution in [3.05, 3.63) is 30.0 Å². The van der Waals surface area contributed by atoms with Gasteiger partial charge < -0.3 is 10.4 Å². The number of benzene rings is 1. The lowest BCUT2D eigenvalue weighted by Gasteiger charge is -2.21. The van der Waals surface area contributed by atoms with Gasteiger partial charge in [0.2, 0.25) is 0 Å². The Balaban J connectivity index is 2.08. The van der Waals surface area contributed by atoms with Crippen molar-refractivity contribution in [2.75, 3.05) is 13.2 Å². The van der Waals surface area contributed by atoms with Crippen LogP contribution in [-0.4, -0.2) is 34.4 Å². The topological polar surface area (TPSA) is 78.0 Å². The Kier molecular flexibility index (Phi) is 3.34. The smallest absolute Gasteiger partial charge is 0.251 e. The lowest BCUT2D eigenvalue weighted by atomic mass is 9.95. The number of H-pyrrole nitrogens is 1. The van der Waals surface area contributed by atoms with E-state index in [0.29, 0.717) is 12.1 Å². The quantitative estimate of drug-likeness (QED) is 0.762. The highest BCUT2D eigenvalue weighted by Gasteiger charge is 2.18. The lowest BCUT2D eigenvalue weighted by Crippen LogP contribution is -2.36. The summed E-state index contributed by atoms with van der Waals surface area (Å²) >= 11 is 0. The standard InChI is InChI=1S/C13H17N3O2/c1-13(2,8-17)7-14-12(18)9-3-4-10-6-15-16-11(10)5-9/h3-6,17H,7-8H2,1-2H3,(H,14,18)(H,15,16). The van der Waals surface area contributed by atoms with E-state index in [1.165, 1.54) is 0 Å². The maximum Gasteiger partial charge on any atom is 0.251 e. The first-order chi connectivity index (χ1) is 8.52. The molecule has 0 bridgehead atoms. The van der Waals surface area contributed by atoms with Crippen LogP contribution in [0.1, 0.15) is 24.2 Å². The van der Waals surface area contributed by atoms with Gasteiger partial charge in [-0.1, -0.05) is 19.9 Å². The van der Waals surface area contributed by atoms with Crippen LogP contribution in [0, 0.1) is 5.41 Å². The van der Waals surface area contributed by atoms with Crippen molar-refractivity contribution in [3.63, 3.8) is 0 Å². The molecule has 1 heterocycles. The van der Waals surface area contributed by atoms with Crippen molar-refractivity contribution < 1.29 is 9.90 Å². The van der Waals surface area contributed by atoms with Gasteiger partial charge in [-0.25, -0.2) is 0 Å². The molecule has 5 nitrogen and oxygen atoms in total. The second kappa shape index (κ2) is 4.78. The molecule has 0 saturated carbocycles. The molecule has 96 valence electrons. The Bertz CT molecular complexity index is 560. The van der Waals surface area contributed by atoms with E-state index < -0.39 is 0 Å². The maximum absolute atomic E-state index is 11.9. The van der Waals surface area contributed by atoms with Crippen LogP contribution >= 0.6 is 0 Å². The molecule has 0 aliphatic rings. The zero-order valence-corrected chi connectivity index (χ0v) is 10.5. The molecule has 18 heavy (non-hydrogen) atoms. The SMILES string of the molecule is CC(C)(CO)CNC(=O)c1ccc2cn[nH]c2c1. The first-order valence-electron chi connectivity index (χ1n) is 5.84. The van der Waals surface area contributed by atoms with Gasteiger partial charge in [-0.05, 0) is 12.1 Å². The van der Waals surface area contributed by atoms with E-state index in [4.69, 9.17) is 5.11 Å². The number of aromatic amines is 1. The second-order valence-electron chi connectivity index (χ2n) is 5.18. The molecule has 0 atom stereocenters. The van der Waals surface area contributed by atoms with Crippen molar-refractivity contribution in [2.24, 2.45) is 5.41 Å². The van der Waals surface area contributed by atoms with E-state index in [0.717, 1.165) is 10.9 Å². The normalized spacial score (nSPS) is 11.7. The Morgan fingerprint density at radius 1 is 1.50 bits per heavy atom. The van der Waals surface area contributed by atoms with Crippen LogP contribution in [-0.2, 0) is 0 Å². The van der Waals surface area contributed by atoms with Crippen LogP contribution in [0.4, 0.5) is 0 Å². The number of aromatic nitrogens is 2. The monoisotopic (exact) mass is 247 g/mol. The Morgan fingerprint density at radius 2 is 2.28 bits per heavy atom. The van der Waals surface area contributed by atoms with Gasteiger partial charge >= 0.3 is 0 Å². The summed E-state index contributed by atoms with van der Waals surface area (Å²) < 4.78 is 0. The lowest BCUT2D eigenvalue weighted by molar-refractivity contribution is 0.0911. The van der Waals surface area contributed by atoms with Crippen LogP contribution in [0.25, 0.3) is 10.9 Å². The number of aliphatic hydroxyl groups is 1. The molecule has 2 rings (SSSR count). The minimum atomic E-state index is -0.312. The summed E-state index contributed by atoms with van der Waals surface area (Å²) in [6, 6.07) is 5.38. The fraction of sp³-hybridized carbons (Fsp3) is 0.385. The minimum absolute atomic E-state index is 0.0346. The van der Waals surface area contributed by atoms with Gasteiger partial charge in [0.05, 0.1) is 11.7 Å². The van der Waals surface area contributed by atoms with E-state index in [1.807, 2.05) is 19.9 Å². The molecule has 5 heteroatoms. The predicted octanol–water partition coefficient (Wildman–Crippen LogP) is 1.31. The van der Waals surface area contributed by atoms with Crippen LogP contribution < -0.4 is 5.32 Å². The minimum Gasteiger partial charge on any atom is -0.396 e. The average Bonchev–Trinajstić information content (AvgIpc) is 2.83. The molecule has 1 aromatic carbocycles. The van der Waals surface area contributed by atoms with Gasteiger partial charge in [0.15, 0.2) is 0 Å². The van der Waals surface area contributed by atoms with E-state index in [2.05, 4.69) is 15.5 Å². The zero-order chi connectivity index (χ0) is 13.2. The fourth-order valence-electron chi connectivity index (χ4n) is 1.56. The van der Waals surface area contributed by atoms with Crippen molar-refractivity contribution >= 4 is 16.8 Å². The highest BCUT2D eigenvalue weighted by Crippen LogP contribution is 2.14. The van der Waals surface area contributed by atoms with Gasteiger partial charge in [-0.2, -0.15) is 5.10 Å². The van der Waals surface area contributed by atoms with E-state index in [-0.39, 0.29) is 17.9 Å². The molecule has 0 aliphatic carbocycles. The Hall–Kier alpha value is -1.88. The molecule has 1 amide bonds. The summed E-state index contributed by atoms with van der Waals surface area (Å²) in [6.45, 7) is 4.26. The van der Waals surface area contributed by atoms with Gasteiger partial charge in [-0.3, -0.25) is 9.89 Å². The number of hydrogen-bond donors (Lipinski definition) is 3. The van der Waals surface area contributed by atoms with Crippen molar-refractivity contribution in [3.8, 4) is 0 Å². The molecule has 1 aromatic heterocycles. The van der Waals surface area contributed by atoms with Gasteiger partial charge in [-0.15, -0.1) is 0 Å². The summed E-state index contributed by atoms with van der Waals surface area (Å²) in [5.74, 6) is -0.145. The molecule has 0 aliphatic heterocycles. The maximum atomic E-state index is 11.9. The van der Waals surface area contributed by atoms with Gasteiger partial charge in [0.25, 0.3) is 5.91 Å². The summed E-state index contributed by atoms with van der Waals surface area (Å²) in [4.78, 5) is 11.9. The van der Waals surface area contributed by atoms with Crippen LogP contribution in [0.2, 0.25) is 0 Å². The average molecular weight is 247 g/mol. The summed E-state index contributed by atoms with van der Waals surface area (Å²) in [5, 5.41) is 19.7. The number of carbonyl (C=O) groups excluding carboxylic acids is 1. The molecular formula is C13H17N3O2. The first-order valence-corrected chi connectivity index (χ1v) is 5.84. The van der Waals surface area contributed by atoms with Crippen LogP contribution in [0.15, 0.2) is 24.4 Å². The number of amides is 1. The number of nitrogens with one attached hydrogen (secondary N) is 2. The van der Waals surface area contributed by atoms with E-state index in [9.17, 15) is 4.79 Å². The number of carbonyl (C=O) groups is 1. The molecule has 0 fully saturated rings. The number of rotatable bonds is 4. The second-order valence-corrected chi connectivity index (χ2v) is 5.18. The number of hydrogen-bond acceptors (Lipinski definition) is 3. The van der Waals surface area contributed by atoms with Gasteiger partial charge in [0.1, 0.15) is 0 Å². The van der Waals surface area contributed by atoms with E-state index >= 15 is 0 Å². The van der Waals surface area contributed by atoms with Crippen molar-refractivity contribution in [1.82, 2.24) is 15.5 Å². The van der Waals surface area contributed by atoms with Crippen molar-refractivity contribution in [1.29, 1.82) is 0 Å². The molecule has 0 saturated heterocycles. The molecule has 0 spiro atoms. The molecule has 0 unspecified atom stereocenters. The molecule has 0 radical (unpaired) electrons. The Morgan fingerprint density at radius 3 is 3.00 bits per heavy atom. The van der Waals surface area contributed by atoms with Gasteiger partial charge in [0, 0.05) is 29.5 Å². The highest BCUT2D eigenvalue weighted by atomic mass is 16.3. The third-order valence-corrected chi connectivity index (χ3v) is 2.86. The van der Waals surface area contributed by atoms with Crippen molar-refractivity contribution in [2.45, 2.75) is 13.8 Å². The largest absolute Gasteiger partial charge is 0.396 e. The third kappa shape index (κ3) is 2.68. The molecule has 3 N–H and O–H groups in total. The fourth-order valence-corrected chi connectivity index (χ4v) is 1.56. The summed E-state index contributed by atoms with van der Waals surface area (Å²) in [5.41, 5.74) is 1.11. The zero-order valence-electron chi connectivity index (χ0n) is 10.5. The first kappa shape index (κ1) is 12.6. The van der Waals surface area contributed by atoms with E-state index in [1.54, 1.807) is 18.3 Å². The number of aliphatic hydroxyl groups excluding tert-OH is 1. The van der Waals surface area contributed by atoms with Crippen LogP contribution in [0.5, 0.6) is 0 Å².